The molecule has 0 aliphatic rings. The second-order valence-corrected chi connectivity index (χ2v) is 7.17. The van der Waals surface area contributed by atoms with Gasteiger partial charge in [0.2, 0.25) is 5.91 Å². The molecule has 0 atom stereocenters. The Balaban J connectivity index is 2.26. The first-order chi connectivity index (χ1) is 9.34. The lowest BCUT2D eigenvalue weighted by molar-refractivity contribution is -0.120. The first-order valence-corrected chi connectivity index (χ1v) is 8.04. The molecule has 0 aromatic carbocycles. The average Bonchev–Trinajstić information content (AvgIpc) is 2.83. The molecule has 4 nitrogen and oxygen atoms in total. The maximum atomic E-state index is 11.8. The zero-order chi connectivity index (χ0) is 15.2. The molecule has 114 valence electrons. The van der Waals surface area contributed by atoms with Crippen LogP contribution in [0.2, 0.25) is 0 Å². The van der Waals surface area contributed by atoms with Crippen molar-refractivity contribution >= 4 is 17.2 Å². The van der Waals surface area contributed by atoms with Gasteiger partial charge in [-0.25, -0.2) is 4.98 Å². The molecular formula is C15H26N2O2S. The second-order valence-electron chi connectivity index (χ2n) is 6.28. The Bertz CT molecular complexity index is 427. The molecule has 1 rings (SSSR count). The first-order valence-electron chi connectivity index (χ1n) is 7.16. The third-order valence-corrected chi connectivity index (χ3v) is 4.38. The fourth-order valence-electron chi connectivity index (χ4n) is 1.77. The van der Waals surface area contributed by atoms with E-state index in [4.69, 9.17) is 5.11 Å². The molecule has 0 aliphatic carbocycles. The van der Waals surface area contributed by atoms with Crippen LogP contribution >= 0.6 is 11.3 Å². The van der Waals surface area contributed by atoms with Gasteiger partial charge in [-0.2, -0.15) is 0 Å². The molecule has 0 spiro atoms. The van der Waals surface area contributed by atoms with Crippen molar-refractivity contribution in [2.75, 3.05) is 13.2 Å². The van der Waals surface area contributed by atoms with Gasteiger partial charge in [0.1, 0.15) is 0 Å². The van der Waals surface area contributed by atoms with Gasteiger partial charge in [0.25, 0.3) is 0 Å². The second kappa shape index (κ2) is 7.74. The molecule has 2 N–H and O–H groups in total. The van der Waals surface area contributed by atoms with Crippen LogP contribution in [0.3, 0.4) is 0 Å². The third-order valence-electron chi connectivity index (χ3n) is 3.19. The highest BCUT2D eigenvalue weighted by molar-refractivity contribution is 7.09. The number of carbonyl (C=O) groups is 1. The van der Waals surface area contributed by atoms with Crippen LogP contribution in [0.1, 0.15) is 57.2 Å². The Morgan fingerprint density at radius 3 is 2.75 bits per heavy atom. The molecule has 1 amide bonds. The molecule has 0 saturated heterocycles. The zero-order valence-electron chi connectivity index (χ0n) is 12.9. The molecule has 0 fully saturated rings. The maximum absolute atomic E-state index is 11.8. The number of aliphatic hydroxyl groups excluding tert-OH is 1. The summed E-state index contributed by atoms with van der Waals surface area (Å²) in [7, 11) is 0. The number of rotatable bonds is 8. The summed E-state index contributed by atoms with van der Waals surface area (Å²) < 4.78 is 0. The van der Waals surface area contributed by atoms with Gasteiger partial charge in [0, 0.05) is 24.4 Å². The van der Waals surface area contributed by atoms with Gasteiger partial charge in [-0.1, -0.05) is 27.7 Å². The number of nitrogens with zero attached hydrogens (tertiary/aromatic N) is 1. The topological polar surface area (TPSA) is 62.2 Å². The van der Waals surface area contributed by atoms with Crippen LogP contribution < -0.4 is 5.32 Å². The number of hydrogen-bond acceptors (Lipinski definition) is 4. The monoisotopic (exact) mass is 298 g/mol. The van der Waals surface area contributed by atoms with E-state index < -0.39 is 0 Å². The van der Waals surface area contributed by atoms with E-state index >= 15 is 0 Å². The molecule has 0 saturated carbocycles. The number of amides is 1. The van der Waals surface area contributed by atoms with Crippen LogP contribution in [0, 0.1) is 5.41 Å². The quantitative estimate of drug-likeness (QED) is 0.725. The summed E-state index contributed by atoms with van der Waals surface area (Å²) in [6.07, 6.45) is 2.14. The van der Waals surface area contributed by atoms with Gasteiger partial charge in [-0.05, 0) is 18.3 Å². The Hall–Kier alpha value is -0.940. The van der Waals surface area contributed by atoms with Gasteiger partial charge >= 0.3 is 0 Å². The van der Waals surface area contributed by atoms with Gasteiger partial charge in [0.05, 0.1) is 17.1 Å². The van der Waals surface area contributed by atoms with Crippen molar-refractivity contribution in [2.24, 2.45) is 5.41 Å². The van der Waals surface area contributed by atoms with Crippen LogP contribution in [0.25, 0.3) is 0 Å². The Morgan fingerprint density at radius 2 is 2.20 bits per heavy atom. The fraction of sp³-hybridized carbons (Fsp3) is 0.733. The van der Waals surface area contributed by atoms with E-state index in [2.05, 4.69) is 24.1 Å². The van der Waals surface area contributed by atoms with Gasteiger partial charge in [-0.3, -0.25) is 4.79 Å². The fourth-order valence-corrected chi connectivity index (χ4v) is 2.60. The smallest absolute Gasteiger partial charge is 0.226 e. The highest BCUT2D eigenvalue weighted by atomic mass is 32.1. The number of nitrogens with one attached hydrogen (secondary N) is 1. The van der Waals surface area contributed by atoms with Crippen molar-refractivity contribution in [2.45, 2.75) is 52.9 Å². The van der Waals surface area contributed by atoms with Crippen molar-refractivity contribution in [3.8, 4) is 0 Å². The molecule has 0 aliphatic heterocycles. The van der Waals surface area contributed by atoms with Crippen molar-refractivity contribution in [3.05, 3.63) is 16.1 Å². The molecular weight excluding hydrogens is 272 g/mol. The minimum absolute atomic E-state index is 0.0208. The predicted octanol–water partition coefficient (Wildman–Crippen LogP) is 2.72. The Labute approximate surface area is 125 Å². The summed E-state index contributed by atoms with van der Waals surface area (Å²) in [5.74, 6) is 0.435. The molecule has 1 heterocycles. The average molecular weight is 298 g/mol. The van der Waals surface area contributed by atoms with E-state index in [0.717, 1.165) is 23.5 Å². The standard InChI is InChI=1S/C15H26N2O2S/c1-11(2)14-17-12(9-20-14)8-13(19)16-7-5-6-15(3,4)10-18/h9,11,18H,5-8,10H2,1-4H3,(H,16,19). The van der Waals surface area contributed by atoms with E-state index in [1.54, 1.807) is 11.3 Å². The molecule has 1 aromatic rings. The summed E-state index contributed by atoms with van der Waals surface area (Å²) in [4.78, 5) is 16.2. The largest absolute Gasteiger partial charge is 0.396 e. The van der Waals surface area contributed by atoms with Crippen LogP contribution in [0.15, 0.2) is 5.38 Å². The number of thiazole rings is 1. The lowest BCUT2D eigenvalue weighted by atomic mass is 9.89. The highest BCUT2D eigenvalue weighted by Gasteiger charge is 2.15. The van der Waals surface area contributed by atoms with Gasteiger partial charge in [0.15, 0.2) is 0 Å². The Morgan fingerprint density at radius 1 is 1.50 bits per heavy atom. The molecule has 5 heteroatoms. The SMILES string of the molecule is CC(C)c1nc(CC(=O)NCCCC(C)(C)CO)cs1. The van der Waals surface area contributed by atoms with E-state index in [1.165, 1.54) is 0 Å². The van der Waals surface area contributed by atoms with Crippen molar-refractivity contribution in [1.29, 1.82) is 0 Å². The van der Waals surface area contributed by atoms with E-state index in [-0.39, 0.29) is 17.9 Å². The van der Waals surface area contributed by atoms with Crippen molar-refractivity contribution in [1.82, 2.24) is 10.3 Å². The first kappa shape index (κ1) is 17.1. The van der Waals surface area contributed by atoms with Crippen LogP contribution in [0.5, 0.6) is 0 Å². The van der Waals surface area contributed by atoms with Gasteiger partial charge < -0.3 is 10.4 Å². The summed E-state index contributed by atoms with van der Waals surface area (Å²) in [6.45, 7) is 9.09. The number of carbonyl (C=O) groups excluding carboxylic acids is 1. The minimum Gasteiger partial charge on any atom is -0.396 e. The highest BCUT2D eigenvalue weighted by Crippen LogP contribution is 2.21. The maximum Gasteiger partial charge on any atom is 0.226 e. The number of aliphatic hydroxyl groups is 1. The molecule has 0 radical (unpaired) electrons. The summed E-state index contributed by atoms with van der Waals surface area (Å²) in [5, 5.41) is 15.1. The van der Waals surface area contributed by atoms with Crippen LogP contribution in [-0.4, -0.2) is 29.1 Å². The van der Waals surface area contributed by atoms with E-state index in [1.807, 2.05) is 19.2 Å². The zero-order valence-corrected chi connectivity index (χ0v) is 13.7. The third kappa shape index (κ3) is 6.01. The molecule has 20 heavy (non-hydrogen) atoms. The predicted molar refractivity (Wildman–Crippen MR) is 83.0 cm³/mol. The Kier molecular flexibility index (Phi) is 6.62. The summed E-state index contributed by atoms with van der Waals surface area (Å²) in [6, 6.07) is 0. The van der Waals surface area contributed by atoms with Crippen LogP contribution in [0.4, 0.5) is 0 Å². The van der Waals surface area contributed by atoms with E-state index in [9.17, 15) is 4.79 Å². The summed E-state index contributed by atoms with van der Waals surface area (Å²) in [5.41, 5.74) is 0.790. The molecule has 1 aromatic heterocycles. The number of hydrogen-bond donors (Lipinski definition) is 2. The lowest BCUT2D eigenvalue weighted by Crippen LogP contribution is -2.27. The number of aromatic nitrogens is 1. The molecule has 0 bridgehead atoms. The van der Waals surface area contributed by atoms with Crippen LogP contribution in [-0.2, 0) is 11.2 Å². The summed E-state index contributed by atoms with van der Waals surface area (Å²) >= 11 is 1.62. The van der Waals surface area contributed by atoms with Crippen molar-refractivity contribution in [3.63, 3.8) is 0 Å². The van der Waals surface area contributed by atoms with Gasteiger partial charge in [-0.15, -0.1) is 11.3 Å². The normalized spacial score (nSPS) is 11.9. The lowest BCUT2D eigenvalue weighted by Gasteiger charge is -2.21. The van der Waals surface area contributed by atoms with E-state index in [0.29, 0.717) is 18.9 Å². The minimum atomic E-state index is -0.0637. The molecule has 0 unspecified atom stereocenters. The van der Waals surface area contributed by atoms with Crippen molar-refractivity contribution < 1.29 is 9.90 Å².